The summed E-state index contributed by atoms with van der Waals surface area (Å²) < 4.78 is 5.94. The SMILES string of the molecule is CC(C)(C)c1ccc(CNc2ccc(OCCC3CCCCC3)cc2)cc1. The molecule has 0 saturated heterocycles. The number of nitrogens with one attached hydrogen (secondary N) is 1. The molecule has 2 aromatic rings. The van der Waals surface area contributed by atoms with Crippen molar-refractivity contribution in [3.05, 3.63) is 59.7 Å². The minimum atomic E-state index is 0.207. The normalized spacial score (nSPS) is 15.5. The van der Waals surface area contributed by atoms with Gasteiger partial charge in [0.2, 0.25) is 0 Å². The maximum Gasteiger partial charge on any atom is 0.119 e. The Morgan fingerprint density at radius 1 is 0.889 bits per heavy atom. The molecule has 0 atom stereocenters. The summed E-state index contributed by atoms with van der Waals surface area (Å²) in [6.45, 7) is 8.43. The zero-order valence-electron chi connectivity index (χ0n) is 17.3. The van der Waals surface area contributed by atoms with Gasteiger partial charge in [0, 0.05) is 12.2 Å². The smallest absolute Gasteiger partial charge is 0.119 e. The maximum atomic E-state index is 5.94. The first-order chi connectivity index (χ1) is 13.0. The van der Waals surface area contributed by atoms with Crippen molar-refractivity contribution in [1.29, 1.82) is 0 Å². The number of rotatable bonds is 7. The maximum absolute atomic E-state index is 5.94. The summed E-state index contributed by atoms with van der Waals surface area (Å²) in [5.41, 5.74) is 4.02. The molecule has 146 valence electrons. The van der Waals surface area contributed by atoms with Gasteiger partial charge < -0.3 is 10.1 Å². The molecule has 0 aromatic heterocycles. The minimum Gasteiger partial charge on any atom is -0.494 e. The average Bonchev–Trinajstić information content (AvgIpc) is 2.68. The number of benzene rings is 2. The molecule has 0 heterocycles. The molecule has 0 spiro atoms. The zero-order chi connectivity index (χ0) is 19.1. The van der Waals surface area contributed by atoms with E-state index in [1.54, 1.807) is 0 Å². The van der Waals surface area contributed by atoms with Crippen LogP contribution in [-0.4, -0.2) is 6.61 Å². The highest BCUT2D eigenvalue weighted by Gasteiger charge is 2.13. The molecule has 2 nitrogen and oxygen atoms in total. The van der Waals surface area contributed by atoms with Crippen LogP contribution in [0.5, 0.6) is 5.75 Å². The Kier molecular flexibility index (Phi) is 6.82. The third kappa shape index (κ3) is 6.30. The van der Waals surface area contributed by atoms with Gasteiger partial charge in [0.25, 0.3) is 0 Å². The lowest BCUT2D eigenvalue weighted by atomic mass is 9.87. The Morgan fingerprint density at radius 2 is 1.56 bits per heavy atom. The third-order valence-electron chi connectivity index (χ3n) is 5.69. The number of hydrogen-bond acceptors (Lipinski definition) is 2. The second kappa shape index (κ2) is 9.30. The van der Waals surface area contributed by atoms with Crippen molar-refractivity contribution >= 4 is 5.69 Å². The van der Waals surface area contributed by atoms with Crippen LogP contribution in [0.1, 0.15) is 70.4 Å². The van der Waals surface area contributed by atoms with Gasteiger partial charge in [-0.25, -0.2) is 0 Å². The van der Waals surface area contributed by atoms with Crippen LogP contribution < -0.4 is 10.1 Å². The third-order valence-corrected chi connectivity index (χ3v) is 5.69. The lowest BCUT2D eigenvalue weighted by molar-refractivity contribution is 0.246. The van der Waals surface area contributed by atoms with Crippen LogP contribution in [0.15, 0.2) is 48.5 Å². The van der Waals surface area contributed by atoms with E-state index < -0.39 is 0 Å². The van der Waals surface area contributed by atoms with E-state index in [9.17, 15) is 0 Å². The summed E-state index contributed by atoms with van der Waals surface area (Å²) in [7, 11) is 0. The Hall–Kier alpha value is -1.96. The molecule has 2 aromatic carbocycles. The Bertz CT molecular complexity index is 676. The highest BCUT2D eigenvalue weighted by molar-refractivity contribution is 5.47. The highest BCUT2D eigenvalue weighted by Crippen LogP contribution is 2.27. The van der Waals surface area contributed by atoms with Crippen LogP contribution >= 0.6 is 0 Å². The Balaban J connectivity index is 1.42. The molecule has 3 rings (SSSR count). The molecule has 1 saturated carbocycles. The topological polar surface area (TPSA) is 21.3 Å². The number of anilines is 1. The minimum absolute atomic E-state index is 0.207. The van der Waals surface area contributed by atoms with Gasteiger partial charge in [0.1, 0.15) is 5.75 Å². The second-order valence-electron chi connectivity index (χ2n) is 8.97. The largest absolute Gasteiger partial charge is 0.494 e. The van der Waals surface area contributed by atoms with Crippen molar-refractivity contribution in [2.75, 3.05) is 11.9 Å². The van der Waals surface area contributed by atoms with Crippen LogP contribution in [0.3, 0.4) is 0 Å². The fourth-order valence-corrected chi connectivity index (χ4v) is 3.81. The molecule has 0 aliphatic heterocycles. The first-order valence-corrected chi connectivity index (χ1v) is 10.6. The van der Waals surface area contributed by atoms with Crippen molar-refractivity contribution in [3.8, 4) is 5.75 Å². The van der Waals surface area contributed by atoms with Gasteiger partial charge in [-0.1, -0.05) is 77.1 Å². The number of hydrogen-bond donors (Lipinski definition) is 1. The molecule has 0 bridgehead atoms. The van der Waals surface area contributed by atoms with E-state index in [2.05, 4.69) is 74.6 Å². The fraction of sp³-hybridized carbons (Fsp3) is 0.520. The zero-order valence-corrected chi connectivity index (χ0v) is 17.3. The van der Waals surface area contributed by atoms with E-state index in [-0.39, 0.29) is 5.41 Å². The van der Waals surface area contributed by atoms with E-state index in [0.717, 1.165) is 30.5 Å². The summed E-state index contributed by atoms with van der Waals surface area (Å²) >= 11 is 0. The molecule has 27 heavy (non-hydrogen) atoms. The molecule has 1 aliphatic carbocycles. The first kappa shape index (κ1) is 19.8. The quantitative estimate of drug-likeness (QED) is 0.573. The Morgan fingerprint density at radius 3 is 2.19 bits per heavy atom. The standard InChI is InChI=1S/C25H35NO/c1-25(2,3)22-11-9-21(10-12-22)19-26-23-13-15-24(16-14-23)27-18-17-20-7-5-4-6-8-20/h9-16,20,26H,4-8,17-19H2,1-3H3. The predicted molar refractivity (Wildman–Crippen MR) is 116 cm³/mol. The molecule has 1 N–H and O–H groups in total. The Labute approximate surface area is 165 Å². The van der Waals surface area contributed by atoms with Crippen molar-refractivity contribution in [1.82, 2.24) is 0 Å². The van der Waals surface area contributed by atoms with E-state index in [4.69, 9.17) is 4.74 Å². The lowest BCUT2D eigenvalue weighted by Gasteiger charge is -2.21. The van der Waals surface area contributed by atoms with Gasteiger partial charge in [-0.3, -0.25) is 0 Å². The molecule has 1 fully saturated rings. The van der Waals surface area contributed by atoms with Crippen molar-refractivity contribution < 1.29 is 4.74 Å². The molecule has 0 unspecified atom stereocenters. The van der Waals surface area contributed by atoms with Crippen LogP contribution in [0.25, 0.3) is 0 Å². The van der Waals surface area contributed by atoms with Gasteiger partial charge in [0.15, 0.2) is 0 Å². The summed E-state index contributed by atoms with van der Waals surface area (Å²) in [6, 6.07) is 17.3. The molecule has 2 heteroatoms. The molecular weight excluding hydrogens is 330 g/mol. The van der Waals surface area contributed by atoms with Crippen molar-refractivity contribution in [2.45, 2.75) is 71.3 Å². The summed E-state index contributed by atoms with van der Waals surface area (Å²) in [4.78, 5) is 0. The summed E-state index contributed by atoms with van der Waals surface area (Å²) in [5, 5.41) is 3.50. The molecule has 0 radical (unpaired) electrons. The summed E-state index contributed by atoms with van der Waals surface area (Å²) in [5.74, 6) is 1.86. The van der Waals surface area contributed by atoms with Crippen LogP contribution in [0.2, 0.25) is 0 Å². The second-order valence-corrected chi connectivity index (χ2v) is 8.97. The molecule has 1 aliphatic rings. The predicted octanol–water partition coefficient (Wildman–Crippen LogP) is 6.95. The number of ether oxygens (including phenoxy) is 1. The van der Waals surface area contributed by atoms with E-state index in [0.29, 0.717) is 0 Å². The van der Waals surface area contributed by atoms with Gasteiger partial charge in [0.05, 0.1) is 6.61 Å². The van der Waals surface area contributed by atoms with Crippen molar-refractivity contribution in [3.63, 3.8) is 0 Å². The molecular formula is C25H35NO. The fourth-order valence-electron chi connectivity index (χ4n) is 3.81. The van der Waals surface area contributed by atoms with Crippen molar-refractivity contribution in [2.24, 2.45) is 5.92 Å². The highest BCUT2D eigenvalue weighted by atomic mass is 16.5. The monoisotopic (exact) mass is 365 g/mol. The van der Waals surface area contributed by atoms with Gasteiger partial charge in [-0.05, 0) is 53.1 Å². The average molecular weight is 366 g/mol. The first-order valence-electron chi connectivity index (χ1n) is 10.6. The van der Waals surface area contributed by atoms with Crippen LogP contribution in [-0.2, 0) is 12.0 Å². The summed E-state index contributed by atoms with van der Waals surface area (Å²) in [6.07, 6.45) is 8.22. The van der Waals surface area contributed by atoms with Gasteiger partial charge in [-0.2, -0.15) is 0 Å². The van der Waals surface area contributed by atoms with Crippen LogP contribution in [0.4, 0.5) is 5.69 Å². The van der Waals surface area contributed by atoms with Crippen LogP contribution in [0, 0.1) is 5.92 Å². The van der Waals surface area contributed by atoms with E-state index in [1.807, 2.05) is 0 Å². The van der Waals surface area contributed by atoms with Gasteiger partial charge in [-0.15, -0.1) is 0 Å². The van der Waals surface area contributed by atoms with Gasteiger partial charge >= 0.3 is 0 Å². The lowest BCUT2D eigenvalue weighted by Crippen LogP contribution is -2.11. The molecule has 0 amide bonds. The van der Waals surface area contributed by atoms with E-state index in [1.165, 1.54) is 49.7 Å². The van der Waals surface area contributed by atoms with E-state index >= 15 is 0 Å².